The SMILES string of the molecule is CCCOc1ccc(NC(=O)C(F)(F)C(F)F)cc1. The number of alkyl halides is 4. The highest BCUT2D eigenvalue weighted by atomic mass is 19.3. The Morgan fingerprint density at radius 2 is 1.89 bits per heavy atom. The van der Waals surface area contributed by atoms with Gasteiger partial charge >= 0.3 is 18.3 Å². The molecule has 106 valence electrons. The Labute approximate surface area is 107 Å². The Morgan fingerprint density at radius 1 is 1.32 bits per heavy atom. The molecule has 0 saturated heterocycles. The first-order valence-corrected chi connectivity index (χ1v) is 5.58. The summed E-state index contributed by atoms with van der Waals surface area (Å²) >= 11 is 0. The molecule has 0 saturated carbocycles. The van der Waals surface area contributed by atoms with E-state index < -0.39 is 18.3 Å². The standard InChI is InChI=1S/C12H13F4NO2/c1-2-7-19-9-5-3-8(4-6-9)17-11(18)12(15,16)10(13)14/h3-6,10H,2,7H2,1H3,(H,17,18). The van der Waals surface area contributed by atoms with Crippen LogP contribution in [0.2, 0.25) is 0 Å². The molecule has 1 amide bonds. The average molecular weight is 279 g/mol. The molecule has 0 bridgehead atoms. The lowest BCUT2D eigenvalue weighted by Gasteiger charge is -2.15. The van der Waals surface area contributed by atoms with Crippen molar-refractivity contribution in [3.63, 3.8) is 0 Å². The largest absolute Gasteiger partial charge is 0.494 e. The van der Waals surface area contributed by atoms with Crippen LogP contribution >= 0.6 is 0 Å². The van der Waals surface area contributed by atoms with Crippen molar-refractivity contribution in [3.05, 3.63) is 24.3 Å². The molecule has 1 N–H and O–H groups in total. The summed E-state index contributed by atoms with van der Waals surface area (Å²) in [6, 6.07) is 5.49. The van der Waals surface area contributed by atoms with Crippen LogP contribution in [0.25, 0.3) is 0 Å². The third-order valence-corrected chi connectivity index (χ3v) is 2.16. The third-order valence-electron chi connectivity index (χ3n) is 2.16. The van der Waals surface area contributed by atoms with Crippen molar-refractivity contribution < 1.29 is 27.1 Å². The predicted octanol–water partition coefficient (Wildman–Crippen LogP) is 3.31. The van der Waals surface area contributed by atoms with E-state index in [1.54, 1.807) is 5.32 Å². The van der Waals surface area contributed by atoms with Crippen LogP contribution < -0.4 is 10.1 Å². The number of rotatable bonds is 6. The number of nitrogens with one attached hydrogen (secondary N) is 1. The summed E-state index contributed by atoms with van der Waals surface area (Å²) in [6.07, 6.45) is -3.24. The Balaban J connectivity index is 2.65. The van der Waals surface area contributed by atoms with E-state index in [4.69, 9.17) is 4.74 Å². The molecule has 0 heterocycles. The van der Waals surface area contributed by atoms with Gasteiger partial charge in [0.2, 0.25) is 0 Å². The van der Waals surface area contributed by atoms with Gasteiger partial charge < -0.3 is 10.1 Å². The first-order chi connectivity index (χ1) is 8.87. The number of hydrogen-bond donors (Lipinski definition) is 1. The van der Waals surface area contributed by atoms with E-state index in [0.717, 1.165) is 6.42 Å². The maximum atomic E-state index is 12.7. The lowest BCUT2D eigenvalue weighted by atomic mass is 10.2. The molecule has 1 aromatic carbocycles. The molecule has 0 spiro atoms. The topological polar surface area (TPSA) is 38.3 Å². The zero-order valence-electron chi connectivity index (χ0n) is 10.1. The molecule has 0 atom stereocenters. The van der Waals surface area contributed by atoms with Gasteiger partial charge in [0.15, 0.2) is 0 Å². The van der Waals surface area contributed by atoms with E-state index in [2.05, 4.69) is 0 Å². The van der Waals surface area contributed by atoms with Gasteiger partial charge in [-0.1, -0.05) is 6.92 Å². The molecule has 0 aliphatic rings. The lowest BCUT2D eigenvalue weighted by Crippen LogP contribution is -2.40. The molecule has 1 rings (SSSR count). The Bertz CT molecular complexity index is 420. The fourth-order valence-electron chi connectivity index (χ4n) is 1.17. The van der Waals surface area contributed by atoms with Crippen LogP contribution in [0.15, 0.2) is 24.3 Å². The van der Waals surface area contributed by atoms with Crippen molar-refractivity contribution in [2.75, 3.05) is 11.9 Å². The maximum Gasteiger partial charge on any atom is 0.383 e. The quantitative estimate of drug-likeness (QED) is 0.811. The fraction of sp³-hybridized carbons (Fsp3) is 0.417. The molecule has 0 radical (unpaired) electrons. The molecule has 0 fully saturated rings. The summed E-state index contributed by atoms with van der Waals surface area (Å²) in [6.45, 7) is 2.41. The molecular weight excluding hydrogens is 266 g/mol. The molecule has 7 heteroatoms. The summed E-state index contributed by atoms with van der Waals surface area (Å²) < 4.78 is 54.5. The number of hydrogen-bond acceptors (Lipinski definition) is 2. The van der Waals surface area contributed by atoms with Gasteiger partial charge in [-0.15, -0.1) is 0 Å². The Hall–Kier alpha value is -1.79. The van der Waals surface area contributed by atoms with Crippen molar-refractivity contribution in [1.29, 1.82) is 0 Å². The van der Waals surface area contributed by atoms with Gasteiger partial charge in [-0.25, -0.2) is 8.78 Å². The number of halogens is 4. The van der Waals surface area contributed by atoms with E-state index in [1.807, 2.05) is 6.92 Å². The molecule has 1 aromatic rings. The molecule has 0 unspecified atom stereocenters. The van der Waals surface area contributed by atoms with Crippen molar-refractivity contribution in [2.24, 2.45) is 0 Å². The zero-order valence-corrected chi connectivity index (χ0v) is 10.1. The number of amides is 1. The maximum absolute atomic E-state index is 12.7. The molecule has 0 aliphatic heterocycles. The van der Waals surface area contributed by atoms with Crippen molar-refractivity contribution in [1.82, 2.24) is 0 Å². The van der Waals surface area contributed by atoms with Gasteiger partial charge in [0.25, 0.3) is 0 Å². The summed E-state index contributed by atoms with van der Waals surface area (Å²) in [5.41, 5.74) is -0.00539. The van der Waals surface area contributed by atoms with Gasteiger partial charge in [0, 0.05) is 5.69 Å². The lowest BCUT2D eigenvalue weighted by molar-refractivity contribution is -0.163. The van der Waals surface area contributed by atoms with Gasteiger partial charge in [-0.05, 0) is 30.7 Å². The molecule has 0 aliphatic carbocycles. The van der Waals surface area contributed by atoms with Crippen LogP contribution in [0.3, 0.4) is 0 Å². The van der Waals surface area contributed by atoms with Gasteiger partial charge in [0.1, 0.15) is 5.75 Å². The predicted molar refractivity (Wildman–Crippen MR) is 61.8 cm³/mol. The zero-order chi connectivity index (χ0) is 14.5. The number of carbonyl (C=O) groups is 1. The van der Waals surface area contributed by atoms with Crippen LogP contribution in [-0.4, -0.2) is 24.9 Å². The number of anilines is 1. The third kappa shape index (κ3) is 4.11. The second kappa shape index (κ2) is 6.40. The molecule has 3 nitrogen and oxygen atoms in total. The van der Waals surface area contributed by atoms with E-state index >= 15 is 0 Å². The second-order valence-electron chi connectivity index (χ2n) is 3.75. The fourth-order valence-corrected chi connectivity index (χ4v) is 1.17. The second-order valence-corrected chi connectivity index (χ2v) is 3.75. The minimum absolute atomic E-state index is 0.00539. The Morgan fingerprint density at radius 3 is 2.37 bits per heavy atom. The van der Waals surface area contributed by atoms with Gasteiger partial charge in [0.05, 0.1) is 6.61 Å². The Kier molecular flexibility index (Phi) is 5.14. The number of carbonyl (C=O) groups excluding carboxylic acids is 1. The van der Waals surface area contributed by atoms with Crippen molar-refractivity contribution in [2.45, 2.75) is 25.7 Å². The summed E-state index contributed by atoms with van der Waals surface area (Å²) in [5.74, 6) is -6.25. The number of ether oxygens (including phenoxy) is 1. The smallest absolute Gasteiger partial charge is 0.383 e. The van der Waals surface area contributed by atoms with Crippen molar-refractivity contribution in [3.8, 4) is 5.75 Å². The molecule has 19 heavy (non-hydrogen) atoms. The van der Waals surface area contributed by atoms with Crippen LogP contribution in [0, 0.1) is 0 Å². The van der Waals surface area contributed by atoms with E-state index in [9.17, 15) is 22.4 Å². The first kappa shape index (κ1) is 15.3. The van der Waals surface area contributed by atoms with Crippen LogP contribution in [0.5, 0.6) is 5.75 Å². The van der Waals surface area contributed by atoms with E-state index in [-0.39, 0.29) is 5.69 Å². The van der Waals surface area contributed by atoms with Crippen LogP contribution in [0.1, 0.15) is 13.3 Å². The molecular formula is C12H13F4NO2. The summed E-state index contributed by atoms with van der Waals surface area (Å²) in [7, 11) is 0. The van der Waals surface area contributed by atoms with Crippen LogP contribution in [-0.2, 0) is 4.79 Å². The normalized spacial score (nSPS) is 11.5. The van der Waals surface area contributed by atoms with Crippen molar-refractivity contribution >= 4 is 11.6 Å². The minimum Gasteiger partial charge on any atom is -0.494 e. The van der Waals surface area contributed by atoms with E-state index in [1.165, 1.54) is 24.3 Å². The minimum atomic E-state index is -4.71. The monoisotopic (exact) mass is 279 g/mol. The summed E-state index contributed by atoms with van der Waals surface area (Å²) in [4.78, 5) is 11.0. The van der Waals surface area contributed by atoms with Gasteiger partial charge in [-0.2, -0.15) is 8.78 Å². The van der Waals surface area contributed by atoms with Crippen LogP contribution in [0.4, 0.5) is 23.2 Å². The highest BCUT2D eigenvalue weighted by molar-refractivity contribution is 5.96. The summed E-state index contributed by atoms with van der Waals surface area (Å²) in [5, 5.41) is 1.72. The average Bonchev–Trinajstić information content (AvgIpc) is 2.37. The molecule has 0 aromatic heterocycles. The van der Waals surface area contributed by atoms with Gasteiger partial charge in [-0.3, -0.25) is 4.79 Å². The first-order valence-electron chi connectivity index (χ1n) is 5.58. The highest BCUT2D eigenvalue weighted by Gasteiger charge is 2.48. The van der Waals surface area contributed by atoms with E-state index in [0.29, 0.717) is 12.4 Å². The highest BCUT2D eigenvalue weighted by Crippen LogP contribution is 2.25. The number of benzene rings is 1.